The number of carbonyl (C=O) groups excluding carboxylic acids is 2. The molecule has 2 amide bonds. The Kier molecular flexibility index (Phi) is 4.48. The van der Waals surface area contributed by atoms with Crippen LogP contribution in [0.4, 0.5) is 0 Å². The van der Waals surface area contributed by atoms with Gasteiger partial charge in [-0.3, -0.25) is 9.59 Å². The summed E-state index contributed by atoms with van der Waals surface area (Å²) in [5.41, 5.74) is 0.366. The van der Waals surface area contributed by atoms with Gasteiger partial charge in [-0.2, -0.15) is 0 Å². The molecule has 2 fully saturated rings. The molecule has 25 heavy (non-hydrogen) atoms. The first-order valence-electron chi connectivity index (χ1n) is 8.70. The molecular weight excluding hydrogens is 336 g/mol. The second kappa shape index (κ2) is 6.92. The molecule has 1 unspecified atom stereocenters. The number of hydrogen-bond acceptors (Lipinski definition) is 5. The number of nitrogens with zero attached hydrogens (tertiary/aromatic N) is 4. The number of piperidine rings is 1. The number of rotatable bonds is 3. The van der Waals surface area contributed by atoms with Crippen LogP contribution in [0.5, 0.6) is 0 Å². The molecule has 0 aliphatic carbocycles. The number of amides is 2. The highest BCUT2D eigenvalue weighted by atomic mass is 32.1. The minimum absolute atomic E-state index is 0.0902. The van der Waals surface area contributed by atoms with Gasteiger partial charge in [-0.1, -0.05) is 6.07 Å². The topological polar surface area (TPSA) is 66.4 Å². The van der Waals surface area contributed by atoms with Crippen molar-refractivity contribution in [3.63, 3.8) is 0 Å². The molecule has 4 rings (SSSR count). The second-order valence-corrected chi connectivity index (χ2v) is 7.40. The predicted octanol–water partition coefficient (Wildman–Crippen LogP) is 2.75. The number of aromatic nitrogens is 2. The number of hydrogen-bond donors (Lipinski definition) is 0. The first-order valence-corrected chi connectivity index (χ1v) is 9.58. The maximum absolute atomic E-state index is 13.0. The van der Waals surface area contributed by atoms with Gasteiger partial charge in [-0.15, -0.1) is 11.3 Å². The SMILES string of the molecule is O=C(c1nccnc1C(=O)N1CCC1c1cccs1)N1CCCCC1. The summed E-state index contributed by atoms with van der Waals surface area (Å²) in [6.07, 6.45) is 7.07. The maximum Gasteiger partial charge on any atom is 0.275 e. The van der Waals surface area contributed by atoms with Gasteiger partial charge in [-0.25, -0.2) is 9.97 Å². The van der Waals surface area contributed by atoms with Crippen molar-refractivity contribution in [3.8, 4) is 0 Å². The molecule has 2 aliphatic heterocycles. The van der Waals surface area contributed by atoms with Gasteiger partial charge in [0.15, 0.2) is 11.4 Å². The largest absolute Gasteiger partial charge is 0.337 e. The smallest absolute Gasteiger partial charge is 0.275 e. The molecule has 2 aromatic heterocycles. The lowest BCUT2D eigenvalue weighted by molar-refractivity contribution is 0.0454. The second-order valence-electron chi connectivity index (χ2n) is 6.42. The quantitative estimate of drug-likeness (QED) is 0.848. The summed E-state index contributed by atoms with van der Waals surface area (Å²) in [5.74, 6) is -0.373. The molecule has 0 saturated carbocycles. The van der Waals surface area contributed by atoms with Gasteiger partial charge >= 0.3 is 0 Å². The third kappa shape index (κ3) is 3.04. The molecule has 2 aliphatic rings. The van der Waals surface area contributed by atoms with Crippen LogP contribution in [0.15, 0.2) is 29.9 Å². The Morgan fingerprint density at radius 3 is 2.32 bits per heavy atom. The zero-order valence-corrected chi connectivity index (χ0v) is 14.7. The van der Waals surface area contributed by atoms with Crippen molar-refractivity contribution >= 4 is 23.2 Å². The Labute approximate surface area is 150 Å². The van der Waals surface area contributed by atoms with E-state index in [0.717, 1.165) is 38.8 Å². The summed E-state index contributed by atoms with van der Waals surface area (Å²) in [5, 5.41) is 2.02. The van der Waals surface area contributed by atoms with Crippen molar-refractivity contribution in [2.75, 3.05) is 19.6 Å². The van der Waals surface area contributed by atoms with E-state index in [-0.39, 0.29) is 29.2 Å². The molecule has 4 heterocycles. The molecule has 7 heteroatoms. The van der Waals surface area contributed by atoms with Crippen LogP contribution in [0.3, 0.4) is 0 Å². The van der Waals surface area contributed by atoms with Gasteiger partial charge in [0, 0.05) is 36.9 Å². The molecule has 2 saturated heterocycles. The van der Waals surface area contributed by atoms with Crippen LogP contribution in [0.25, 0.3) is 0 Å². The van der Waals surface area contributed by atoms with Crippen molar-refractivity contribution in [2.24, 2.45) is 0 Å². The van der Waals surface area contributed by atoms with Crippen LogP contribution in [-0.2, 0) is 0 Å². The van der Waals surface area contributed by atoms with Crippen LogP contribution in [-0.4, -0.2) is 51.2 Å². The minimum Gasteiger partial charge on any atom is -0.337 e. The molecule has 6 nitrogen and oxygen atoms in total. The molecule has 130 valence electrons. The molecule has 0 bridgehead atoms. The molecule has 0 N–H and O–H groups in total. The van der Waals surface area contributed by atoms with Gasteiger partial charge in [0.2, 0.25) is 0 Å². The summed E-state index contributed by atoms with van der Waals surface area (Å²) in [6, 6.07) is 4.13. The minimum atomic E-state index is -0.196. The van der Waals surface area contributed by atoms with Gasteiger partial charge in [0.1, 0.15) is 0 Å². The average Bonchev–Trinajstić information content (AvgIpc) is 3.14. The summed E-state index contributed by atoms with van der Waals surface area (Å²) in [6.45, 7) is 2.14. The average molecular weight is 356 g/mol. The Balaban J connectivity index is 1.58. The highest BCUT2D eigenvalue weighted by Crippen LogP contribution is 2.36. The first-order chi connectivity index (χ1) is 12.3. The normalized spacial score (nSPS) is 20.2. The summed E-state index contributed by atoms with van der Waals surface area (Å²) in [7, 11) is 0. The van der Waals surface area contributed by atoms with Crippen LogP contribution >= 0.6 is 11.3 Å². The van der Waals surface area contributed by atoms with E-state index in [1.807, 2.05) is 17.5 Å². The van der Waals surface area contributed by atoms with E-state index in [1.54, 1.807) is 21.1 Å². The lowest BCUT2D eigenvalue weighted by Gasteiger charge is -2.40. The third-order valence-corrected chi connectivity index (χ3v) is 5.87. The van der Waals surface area contributed by atoms with Gasteiger partial charge in [0.25, 0.3) is 11.8 Å². The number of thiophene rings is 1. The molecule has 1 atom stereocenters. The Morgan fingerprint density at radius 2 is 1.72 bits per heavy atom. The van der Waals surface area contributed by atoms with E-state index in [1.165, 1.54) is 17.3 Å². The van der Waals surface area contributed by atoms with Crippen LogP contribution in [0, 0.1) is 0 Å². The molecular formula is C18H20N4O2S. The van der Waals surface area contributed by atoms with Crippen molar-refractivity contribution in [3.05, 3.63) is 46.2 Å². The monoisotopic (exact) mass is 356 g/mol. The highest BCUT2D eigenvalue weighted by molar-refractivity contribution is 7.10. The summed E-state index contributed by atoms with van der Waals surface area (Å²) < 4.78 is 0. The van der Waals surface area contributed by atoms with Crippen LogP contribution in [0.2, 0.25) is 0 Å². The van der Waals surface area contributed by atoms with Gasteiger partial charge < -0.3 is 9.80 Å². The highest BCUT2D eigenvalue weighted by Gasteiger charge is 2.37. The standard InChI is InChI=1S/C18H20N4O2S/c23-17(21-9-2-1-3-10-21)15-16(20-8-7-19-15)18(24)22-11-6-13(22)14-5-4-12-25-14/h4-5,7-8,12-13H,1-3,6,9-11H2. The third-order valence-electron chi connectivity index (χ3n) is 4.90. The van der Waals surface area contributed by atoms with Crippen LogP contribution < -0.4 is 0 Å². The fourth-order valence-corrected chi connectivity index (χ4v) is 4.31. The van der Waals surface area contributed by atoms with Crippen LogP contribution in [0.1, 0.15) is 57.6 Å². The first kappa shape index (κ1) is 16.2. The van der Waals surface area contributed by atoms with E-state index < -0.39 is 0 Å². The van der Waals surface area contributed by atoms with Crippen molar-refractivity contribution in [1.29, 1.82) is 0 Å². The Hall–Kier alpha value is -2.28. The van der Waals surface area contributed by atoms with E-state index in [9.17, 15) is 9.59 Å². The molecule has 0 spiro atoms. The zero-order valence-electron chi connectivity index (χ0n) is 13.9. The zero-order chi connectivity index (χ0) is 17.2. The van der Waals surface area contributed by atoms with E-state index in [4.69, 9.17) is 0 Å². The summed E-state index contributed by atoms with van der Waals surface area (Å²) in [4.78, 5) is 39.0. The van der Waals surface area contributed by atoms with Gasteiger partial charge in [0.05, 0.1) is 6.04 Å². The fraction of sp³-hybridized carbons (Fsp3) is 0.444. The predicted molar refractivity (Wildman–Crippen MR) is 94.5 cm³/mol. The summed E-state index contributed by atoms with van der Waals surface area (Å²) >= 11 is 1.65. The lowest BCUT2D eigenvalue weighted by Crippen LogP contribution is -2.46. The molecule has 2 aromatic rings. The lowest BCUT2D eigenvalue weighted by atomic mass is 10.00. The van der Waals surface area contributed by atoms with E-state index >= 15 is 0 Å². The maximum atomic E-state index is 13.0. The van der Waals surface area contributed by atoms with Crippen molar-refractivity contribution < 1.29 is 9.59 Å². The number of carbonyl (C=O) groups is 2. The fourth-order valence-electron chi connectivity index (χ4n) is 3.44. The Bertz CT molecular complexity index is 771. The molecule has 0 aromatic carbocycles. The van der Waals surface area contributed by atoms with Crippen molar-refractivity contribution in [2.45, 2.75) is 31.7 Å². The molecule has 0 radical (unpaired) electrons. The van der Waals surface area contributed by atoms with E-state index in [2.05, 4.69) is 9.97 Å². The van der Waals surface area contributed by atoms with Gasteiger partial charge in [-0.05, 0) is 37.1 Å². The van der Waals surface area contributed by atoms with E-state index in [0.29, 0.717) is 6.54 Å². The Morgan fingerprint density at radius 1 is 1.00 bits per heavy atom. The van der Waals surface area contributed by atoms with Crippen molar-refractivity contribution in [1.82, 2.24) is 19.8 Å². The number of likely N-dealkylation sites (tertiary alicyclic amines) is 2.